The average Bonchev–Trinajstić information content (AvgIpc) is 2.86. The third-order valence-electron chi connectivity index (χ3n) is 5.93. The van der Waals surface area contributed by atoms with Gasteiger partial charge in [0.15, 0.2) is 0 Å². The zero-order valence-electron chi connectivity index (χ0n) is 23.6. The van der Waals surface area contributed by atoms with Crippen molar-refractivity contribution in [2.24, 2.45) is 11.7 Å². The summed E-state index contributed by atoms with van der Waals surface area (Å²) in [6.07, 6.45) is 5.05. The molecule has 0 aromatic heterocycles. The Balaban J connectivity index is 2.85. The number of amides is 5. The molecule has 38 heavy (non-hydrogen) atoms. The average molecular weight is 534 g/mol. The molecule has 1 aromatic carbocycles. The van der Waals surface area contributed by atoms with Crippen molar-refractivity contribution in [1.29, 1.82) is 0 Å². The maximum atomic E-state index is 13.2. The molecule has 1 rings (SSSR count). The number of urea groups is 1. The molecule has 0 aliphatic rings. The van der Waals surface area contributed by atoms with Crippen LogP contribution in [-0.2, 0) is 25.7 Å². The molecule has 2 atom stereocenters. The van der Waals surface area contributed by atoms with Gasteiger partial charge in [-0.3, -0.25) is 14.4 Å². The van der Waals surface area contributed by atoms with E-state index in [1.165, 1.54) is 0 Å². The highest BCUT2D eigenvalue weighted by Crippen LogP contribution is 2.13. The second kappa shape index (κ2) is 18.2. The van der Waals surface area contributed by atoms with Gasteiger partial charge in [-0.05, 0) is 56.7 Å². The molecule has 0 spiro atoms. The maximum Gasteiger partial charge on any atom is 0.312 e. The first-order valence-corrected chi connectivity index (χ1v) is 13.7. The van der Waals surface area contributed by atoms with Gasteiger partial charge in [0.1, 0.15) is 12.1 Å². The normalized spacial score (nSPS) is 12.6. The van der Waals surface area contributed by atoms with Crippen LogP contribution in [0.5, 0.6) is 0 Å². The molecule has 0 bridgehead atoms. The molecule has 0 unspecified atom stereocenters. The van der Waals surface area contributed by atoms with Crippen molar-refractivity contribution >= 4 is 29.4 Å². The van der Waals surface area contributed by atoms with E-state index in [4.69, 9.17) is 10.5 Å². The minimum atomic E-state index is -0.871. The van der Waals surface area contributed by atoms with Crippen LogP contribution in [-0.4, -0.2) is 48.5 Å². The zero-order chi connectivity index (χ0) is 28.5. The number of carbonyl (C=O) groups excluding carboxylic acids is 4. The molecule has 1 aromatic rings. The van der Waals surface area contributed by atoms with Crippen molar-refractivity contribution in [2.45, 2.75) is 104 Å². The van der Waals surface area contributed by atoms with Crippen molar-refractivity contribution in [2.75, 3.05) is 11.9 Å². The van der Waals surface area contributed by atoms with E-state index in [0.717, 1.165) is 31.2 Å². The number of hydrogen-bond acceptors (Lipinski definition) is 5. The molecule has 0 saturated heterocycles. The fourth-order valence-electron chi connectivity index (χ4n) is 3.72. The molecule has 6 N–H and O–H groups in total. The molecule has 214 valence electrons. The lowest BCUT2D eigenvalue weighted by atomic mass is 10.0. The molecule has 0 aliphatic carbocycles. The van der Waals surface area contributed by atoms with E-state index in [9.17, 15) is 19.2 Å². The Morgan fingerprint density at radius 3 is 2.16 bits per heavy atom. The summed E-state index contributed by atoms with van der Waals surface area (Å²) in [6.45, 7) is 10.5. The second-order valence-corrected chi connectivity index (χ2v) is 10.1. The van der Waals surface area contributed by atoms with Crippen LogP contribution in [0.25, 0.3) is 0 Å². The quantitative estimate of drug-likeness (QED) is 0.183. The number of hydrogen-bond donors (Lipinski definition) is 5. The maximum absolute atomic E-state index is 13.2. The molecule has 0 heterocycles. The highest BCUT2D eigenvalue weighted by atomic mass is 16.5. The highest BCUT2D eigenvalue weighted by molar-refractivity contribution is 5.98. The van der Waals surface area contributed by atoms with E-state index in [-0.39, 0.29) is 30.9 Å². The van der Waals surface area contributed by atoms with Crippen LogP contribution < -0.4 is 27.0 Å². The highest BCUT2D eigenvalue weighted by Gasteiger charge is 2.28. The fourth-order valence-corrected chi connectivity index (χ4v) is 3.72. The van der Waals surface area contributed by atoms with Crippen LogP contribution in [0.1, 0.15) is 85.1 Å². The molecule has 5 amide bonds. The van der Waals surface area contributed by atoms with Gasteiger partial charge in [-0.1, -0.05) is 52.2 Å². The minimum absolute atomic E-state index is 0.114. The van der Waals surface area contributed by atoms with Gasteiger partial charge in [-0.25, -0.2) is 4.79 Å². The summed E-state index contributed by atoms with van der Waals surface area (Å²) in [6, 6.07) is 5.00. The molecule has 0 aliphatic heterocycles. The largest absolute Gasteiger partial charge is 0.374 e. The molecule has 10 nitrogen and oxygen atoms in total. The minimum Gasteiger partial charge on any atom is -0.374 e. The SMILES string of the molecule is CCCCCCC(=O)N[C@H](C(=O)N[C@@H](CCCNC(N)=O)C(=O)Nc1ccc(COC(C)C)cc1)C(C)C. The van der Waals surface area contributed by atoms with Crippen molar-refractivity contribution in [3.05, 3.63) is 29.8 Å². The fraction of sp³-hybridized carbons (Fsp3) is 0.643. The Morgan fingerprint density at radius 2 is 1.58 bits per heavy atom. The number of rotatable bonds is 18. The Kier molecular flexibility index (Phi) is 15.7. The van der Waals surface area contributed by atoms with Gasteiger partial charge >= 0.3 is 6.03 Å². The van der Waals surface area contributed by atoms with Gasteiger partial charge in [-0.15, -0.1) is 0 Å². The van der Waals surface area contributed by atoms with E-state index in [0.29, 0.717) is 25.1 Å². The van der Waals surface area contributed by atoms with Gasteiger partial charge in [-0.2, -0.15) is 0 Å². The predicted molar refractivity (Wildman–Crippen MR) is 149 cm³/mol. The van der Waals surface area contributed by atoms with Gasteiger partial charge in [0.25, 0.3) is 0 Å². The third-order valence-corrected chi connectivity index (χ3v) is 5.93. The van der Waals surface area contributed by atoms with Crippen LogP contribution in [0.15, 0.2) is 24.3 Å². The number of ether oxygens (including phenoxy) is 1. The van der Waals surface area contributed by atoms with Gasteiger partial charge < -0.3 is 31.7 Å². The van der Waals surface area contributed by atoms with Crippen LogP contribution >= 0.6 is 0 Å². The van der Waals surface area contributed by atoms with Crippen LogP contribution in [0.2, 0.25) is 0 Å². The number of nitrogens with one attached hydrogen (secondary N) is 4. The summed E-state index contributed by atoms with van der Waals surface area (Å²) >= 11 is 0. The van der Waals surface area contributed by atoms with Crippen LogP contribution in [0.3, 0.4) is 0 Å². The standard InChI is InChI=1S/C28H47N5O5/c1-6-7-8-9-12-24(34)33-25(19(2)3)27(36)32-23(11-10-17-30-28(29)37)26(35)31-22-15-13-21(14-16-22)18-38-20(4)5/h13-16,19-20,23,25H,6-12,17-18H2,1-5H3,(H,31,35)(H,32,36)(H,33,34)(H3,29,30,37)/t23-,25-/m0/s1. The Bertz CT molecular complexity index is 873. The lowest BCUT2D eigenvalue weighted by Gasteiger charge is -2.25. The van der Waals surface area contributed by atoms with Crippen molar-refractivity contribution < 1.29 is 23.9 Å². The first-order chi connectivity index (χ1) is 18.0. The zero-order valence-corrected chi connectivity index (χ0v) is 23.6. The van der Waals surface area contributed by atoms with Gasteiger partial charge in [0.05, 0.1) is 12.7 Å². The van der Waals surface area contributed by atoms with E-state index >= 15 is 0 Å². The molecule has 0 radical (unpaired) electrons. The first kappa shape index (κ1) is 32.9. The predicted octanol–water partition coefficient (Wildman–Crippen LogP) is 3.59. The lowest BCUT2D eigenvalue weighted by Crippen LogP contribution is -2.54. The second-order valence-electron chi connectivity index (χ2n) is 10.1. The number of anilines is 1. The van der Waals surface area contributed by atoms with Crippen molar-refractivity contribution in [3.8, 4) is 0 Å². The van der Waals surface area contributed by atoms with Crippen molar-refractivity contribution in [1.82, 2.24) is 16.0 Å². The third kappa shape index (κ3) is 14.0. The van der Waals surface area contributed by atoms with Crippen LogP contribution in [0.4, 0.5) is 10.5 Å². The molecule has 10 heteroatoms. The van der Waals surface area contributed by atoms with E-state index in [1.807, 2.05) is 39.8 Å². The Hall–Kier alpha value is -3.14. The monoisotopic (exact) mass is 533 g/mol. The summed E-state index contributed by atoms with van der Waals surface area (Å²) in [7, 11) is 0. The number of carbonyl (C=O) groups is 4. The Labute approximate surface area is 227 Å². The number of nitrogens with two attached hydrogens (primary N) is 1. The number of benzene rings is 1. The first-order valence-electron chi connectivity index (χ1n) is 13.7. The summed E-state index contributed by atoms with van der Waals surface area (Å²) in [5, 5.41) is 11.0. The van der Waals surface area contributed by atoms with E-state index < -0.39 is 29.9 Å². The summed E-state index contributed by atoms with van der Waals surface area (Å²) < 4.78 is 5.60. The molecular formula is C28H47N5O5. The summed E-state index contributed by atoms with van der Waals surface area (Å²) in [5.74, 6) is -1.17. The smallest absolute Gasteiger partial charge is 0.312 e. The number of primary amides is 1. The number of unbranched alkanes of at least 4 members (excludes halogenated alkanes) is 3. The Morgan fingerprint density at radius 1 is 0.895 bits per heavy atom. The molecule has 0 fully saturated rings. The van der Waals surface area contributed by atoms with E-state index in [2.05, 4.69) is 28.2 Å². The molecular weight excluding hydrogens is 486 g/mol. The van der Waals surface area contributed by atoms with Gasteiger partial charge in [0, 0.05) is 18.7 Å². The lowest BCUT2D eigenvalue weighted by molar-refractivity contribution is -0.132. The van der Waals surface area contributed by atoms with Crippen LogP contribution in [0, 0.1) is 5.92 Å². The molecule has 0 saturated carbocycles. The topological polar surface area (TPSA) is 152 Å². The summed E-state index contributed by atoms with van der Waals surface area (Å²) in [4.78, 5) is 49.8. The summed E-state index contributed by atoms with van der Waals surface area (Å²) in [5.41, 5.74) is 6.68. The van der Waals surface area contributed by atoms with E-state index in [1.54, 1.807) is 12.1 Å². The van der Waals surface area contributed by atoms with Gasteiger partial charge in [0.2, 0.25) is 17.7 Å². The van der Waals surface area contributed by atoms with Crippen molar-refractivity contribution in [3.63, 3.8) is 0 Å².